The maximum atomic E-state index is 14.0. The van der Waals surface area contributed by atoms with Gasteiger partial charge in [0.15, 0.2) is 0 Å². The Morgan fingerprint density at radius 3 is 2.71 bits per heavy atom. The highest BCUT2D eigenvalue weighted by atomic mass is 32.1. The molecule has 0 saturated carbocycles. The van der Waals surface area contributed by atoms with Crippen molar-refractivity contribution in [3.8, 4) is 0 Å². The number of thiophene rings is 1. The second-order valence-corrected chi connectivity index (χ2v) is 8.32. The van der Waals surface area contributed by atoms with Gasteiger partial charge >= 0.3 is 0 Å². The number of hydrogen-bond donors (Lipinski definition) is 0. The number of fused-ring (bicyclic) bond motifs is 1. The zero-order chi connectivity index (χ0) is 16.4. The van der Waals surface area contributed by atoms with Crippen LogP contribution in [-0.2, 0) is 6.42 Å². The zero-order valence-corrected chi connectivity index (χ0v) is 15.0. The van der Waals surface area contributed by atoms with E-state index in [1.807, 2.05) is 23.5 Å². The van der Waals surface area contributed by atoms with Gasteiger partial charge in [0.05, 0.1) is 0 Å². The fraction of sp³-hybridized carbons (Fsp3) is 0.524. The maximum absolute atomic E-state index is 14.0. The van der Waals surface area contributed by atoms with E-state index in [-0.39, 0.29) is 5.82 Å². The number of likely N-dealkylation sites (tertiary alicyclic amines) is 1. The number of hydrogen-bond acceptors (Lipinski definition) is 2. The molecule has 1 aromatic heterocycles. The van der Waals surface area contributed by atoms with Gasteiger partial charge in [-0.3, -0.25) is 0 Å². The Balaban J connectivity index is 1.29. The summed E-state index contributed by atoms with van der Waals surface area (Å²) >= 11 is 1.94. The molecular weight excluding hydrogens is 317 g/mol. The fourth-order valence-electron chi connectivity index (χ4n) is 4.49. The monoisotopic (exact) mass is 343 g/mol. The van der Waals surface area contributed by atoms with Crippen LogP contribution in [0.1, 0.15) is 59.9 Å². The first-order valence-corrected chi connectivity index (χ1v) is 10.2. The summed E-state index contributed by atoms with van der Waals surface area (Å²) < 4.78 is 14.0. The van der Waals surface area contributed by atoms with Crippen LogP contribution in [-0.4, -0.2) is 24.5 Å². The van der Waals surface area contributed by atoms with Gasteiger partial charge in [-0.05, 0) is 98.6 Å². The van der Waals surface area contributed by atoms with Crippen LogP contribution in [0, 0.1) is 5.82 Å². The predicted octanol–water partition coefficient (Wildman–Crippen LogP) is 5.58. The summed E-state index contributed by atoms with van der Waals surface area (Å²) in [6.45, 7) is 3.42. The van der Waals surface area contributed by atoms with E-state index in [0.29, 0.717) is 5.92 Å². The number of piperidine rings is 1. The van der Waals surface area contributed by atoms with Crippen molar-refractivity contribution in [2.75, 3.05) is 19.6 Å². The summed E-state index contributed by atoms with van der Waals surface area (Å²) in [4.78, 5) is 4.22. The van der Waals surface area contributed by atoms with Gasteiger partial charge in [0.2, 0.25) is 0 Å². The van der Waals surface area contributed by atoms with Crippen molar-refractivity contribution in [2.24, 2.45) is 0 Å². The minimum atomic E-state index is -0.0249. The van der Waals surface area contributed by atoms with Crippen molar-refractivity contribution >= 4 is 11.3 Å². The first-order valence-electron chi connectivity index (χ1n) is 9.34. The standard InChI is InChI=1S/C21H26FNS/c22-20-6-2-1-5-18(20)17-9-13-23(14-10-17)12-8-16-4-3-7-21-19(16)11-15-24-21/h1-2,5-6,11,15-17H,3-4,7-10,12-14H2. The highest BCUT2D eigenvalue weighted by Crippen LogP contribution is 2.37. The number of aryl methyl sites for hydroxylation is 1. The van der Waals surface area contributed by atoms with Gasteiger partial charge < -0.3 is 4.90 Å². The molecule has 128 valence electrons. The molecule has 4 rings (SSSR count). The lowest BCUT2D eigenvalue weighted by Gasteiger charge is -2.33. The van der Waals surface area contributed by atoms with Crippen molar-refractivity contribution in [1.29, 1.82) is 0 Å². The van der Waals surface area contributed by atoms with Gasteiger partial charge in [0.25, 0.3) is 0 Å². The van der Waals surface area contributed by atoms with Crippen LogP contribution in [0.15, 0.2) is 35.7 Å². The Hall–Kier alpha value is -1.19. The van der Waals surface area contributed by atoms with Crippen LogP contribution >= 0.6 is 11.3 Å². The summed E-state index contributed by atoms with van der Waals surface area (Å²) in [5.41, 5.74) is 2.56. The molecule has 0 amide bonds. The van der Waals surface area contributed by atoms with Crippen molar-refractivity contribution in [3.05, 3.63) is 57.5 Å². The summed E-state index contributed by atoms with van der Waals surface area (Å²) in [6.07, 6.45) is 7.47. The molecule has 1 aliphatic carbocycles. The van der Waals surface area contributed by atoms with E-state index in [4.69, 9.17) is 0 Å². The third-order valence-corrected chi connectivity index (χ3v) is 6.90. The average molecular weight is 344 g/mol. The molecule has 3 heteroatoms. The lowest BCUT2D eigenvalue weighted by molar-refractivity contribution is 0.202. The van der Waals surface area contributed by atoms with Crippen molar-refractivity contribution in [1.82, 2.24) is 4.90 Å². The molecule has 1 atom stereocenters. The van der Waals surface area contributed by atoms with E-state index >= 15 is 0 Å². The number of rotatable bonds is 4. The maximum Gasteiger partial charge on any atom is 0.126 e. The minimum Gasteiger partial charge on any atom is -0.303 e. The van der Waals surface area contributed by atoms with Crippen molar-refractivity contribution < 1.29 is 4.39 Å². The van der Waals surface area contributed by atoms with Crippen LogP contribution < -0.4 is 0 Å². The second-order valence-electron chi connectivity index (χ2n) is 7.31. The van der Waals surface area contributed by atoms with Crippen LogP contribution in [0.25, 0.3) is 0 Å². The van der Waals surface area contributed by atoms with Crippen LogP contribution in [0.5, 0.6) is 0 Å². The van der Waals surface area contributed by atoms with E-state index < -0.39 is 0 Å². The Kier molecular flexibility index (Phi) is 5.00. The summed E-state index contributed by atoms with van der Waals surface area (Å²) in [7, 11) is 0. The molecule has 1 saturated heterocycles. The number of nitrogens with zero attached hydrogens (tertiary/aromatic N) is 1. The second kappa shape index (κ2) is 7.37. The summed E-state index contributed by atoms with van der Waals surface area (Å²) in [5.74, 6) is 1.15. The molecule has 0 bridgehead atoms. The molecule has 2 aromatic rings. The Bertz CT molecular complexity index is 672. The van der Waals surface area contributed by atoms with E-state index in [1.54, 1.807) is 22.6 Å². The lowest BCUT2D eigenvalue weighted by Crippen LogP contribution is -2.34. The molecule has 1 aromatic carbocycles. The normalized spacial score (nSPS) is 22.5. The van der Waals surface area contributed by atoms with Gasteiger partial charge in [0, 0.05) is 4.88 Å². The number of benzene rings is 1. The lowest BCUT2D eigenvalue weighted by atomic mass is 9.85. The molecular formula is C21H26FNS. The topological polar surface area (TPSA) is 3.24 Å². The minimum absolute atomic E-state index is 0.0249. The Labute approximate surface area is 148 Å². The molecule has 2 aliphatic rings. The molecule has 1 fully saturated rings. The quantitative estimate of drug-likeness (QED) is 0.701. The predicted molar refractivity (Wildman–Crippen MR) is 99.4 cm³/mol. The van der Waals surface area contributed by atoms with Gasteiger partial charge in [-0.2, -0.15) is 0 Å². The highest BCUT2D eigenvalue weighted by molar-refractivity contribution is 7.10. The van der Waals surface area contributed by atoms with Crippen LogP contribution in [0.4, 0.5) is 4.39 Å². The summed E-state index contributed by atoms with van der Waals surface area (Å²) in [5, 5.41) is 2.27. The van der Waals surface area contributed by atoms with Crippen molar-refractivity contribution in [3.63, 3.8) is 0 Å². The fourth-order valence-corrected chi connectivity index (χ4v) is 5.51. The van der Waals surface area contributed by atoms with E-state index in [9.17, 15) is 4.39 Å². The molecule has 0 spiro atoms. The molecule has 1 aliphatic heterocycles. The third-order valence-electron chi connectivity index (χ3n) is 5.90. The number of halogens is 1. The van der Waals surface area contributed by atoms with Gasteiger partial charge in [0.1, 0.15) is 5.82 Å². The first-order chi connectivity index (χ1) is 11.8. The van der Waals surface area contributed by atoms with Gasteiger partial charge in [-0.15, -0.1) is 11.3 Å². The van der Waals surface area contributed by atoms with E-state index in [0.717, 1.165) is 37.4 Å². The summed E-state index contributed by atoms with van der Waals surface area (Å²) in [6, 6.07) is 9.68. The van der Waals surface area contributed by atoms with Crippen LogP contribution in [0.3, 0.4) is 0 Å². The molecule has 1 unspecified atom stereocenters. The van der Waals surface area contributed by atoms with E-state index in [1.165, 1.54) is 32.2 Å². The smallest absolute Gasteiger partial charge is 0.126 e. The highest BCUT2D eigenvalue weighted by Gasteiger charge is 2.25. The molecule has 24 heavy (non-hydrogen) atoms. The van der Waals surface area contributed by atoms with E-state index in [2.05, 4.69) is 16.3 Å². The zero-order valence-electron chi connectivity index (χ0n) is 14.2. The van der Waals surface area contributed by atoms with Gasteiger partial charge in [-0.25, -0.2) is 4.39 Å². The third kappa shape index (κ3) is 3.43. The molecule has 0 radical (unpaired) electrons. The molecule has 2 heterocycles. The molecule has 0 N–H and O–H groups in total. The van der Waals surface area contributed by atoms with Gasteiger partial charge in [-0.1, -0.05) is 18.2 Å². The Morgan fingerprint density at radius 1 is 1.04 bits per heavy atom. The van der Waals surface area contributed by atoms with Crippen LogP contribution in [0.2, 0.25) is 0 Å². The average Bonchev–Trinajstić information content (AvgIpc) is 3.10. The Morgan fingerprint density at radius 2 is 1.88 bits per heavy atom. The largest absolute Gasteiger partial charge is 0.303 e. The SMILES string of the molecule is Fc1ccccc1C1CCN(CCC2CCCc3sccc32)CC1. The van der Waals surface area contributed by atoms with Crippen molar-refractivity contribution in [2.45, 2.75) is 50.4 Å². The molecule has 1 nitrogen and oxygen atoms in total. The first kappa shape index (κ1) is 16.3.